The van der Waals surface area contributed by atoms with Crippen LogP contribution in [0.2, 0.25) is 0 Å². The van der Waals surface area contributed by atoms with Crippen molar-refractivity contribution >= 4 is 35.2 Å². The molecule has 0 bridgehead atoms. The predicted octanol–water partition coefficient (Wildman–Crippen LogP) is 4.30. The minimum atomic E-state index is -0.924. The molecule has 0 saturated carbocycles. The van der Waals surface area contributed by atoms with Crippen LogP contribution in [-0.2, 0) is 32.0 Å². The van der Waals surface area contributed by atoms with Crippen LogP contribution < -0.4 is 35.6 Å². The molecule has 256 valence electrons. The predicted molar refractivity (Wildman–Crippen MR) is 187 cm³/mol. The lowest BCUT2D eigenvalue weighted by Gasteiger charge is -2.22. The van der Waals surface area contributed by atoms with Gasteiger partial charge in [0.05, 0.1) is 40.2 Å². The zero-order valence-corrected chi connectivity index (χ0v) is 29.0. The van der Waals surface area contributed by atoms with Gasteiger partial charge in [-0.3, -0.25) is 14.4 Å². The number of esters is 1. The van der Waals surface area contributed by atoms with Crippen LogP contribution in [0.1, 0.15) is 42.5 Å². The van der Waals surface area contributed by atoms with Crippen LogP contribution >= 0.6 is 11.8 Å². The summed E-state index contributed by atoms with van der Waals surface area (Å²) >= 11 is 1.56. The number of hydrogen-bond donors (Lipinski definition) is 3. The first-order chi connectivity index (χ1) is 23.1. The highest BCUT2D eigenvalue weighted by Gasteiger charge is 2.31. The average molecular weight is 678 g/mol. The number of nitrogens with one attached hydrogen (secondary N) is 3. The van der Waals surface area contributed by atoms with Gasteiger partial charge in [0, 0.05) is 18.9 Å². The van der Waals surface area contributed by atoms with Crippen molar-refractivity contribution in [3.63, 3.8) is 0 Å². The Morgan fingerprint density at radius 3 is 2.29 bits per heavy atom. The van der Waals surface area contributed by atoms with E-state index in [1.807, 2.05) is 42.7 Å². The van der Waals surface area contributed by atoms with Gasteiger partial charge in [-0.25, -0.2) is 4.79 Å². The second kappa shape index (κ2) is 16.9. The van der Waals surface area contributed by atoms with Crippen molar-refractivity contribution in [1.29, 1.82) is 0 Å². The number of carbonyl (C=O) groups is 3. The fourth-order valence-electron chi connectivity index (χ4n) is 5.98. The van der Waals surface area contributed by atoms with E-state index in [-0.39, 0.29) is 23.4 Å². The van der Waals surface area contributed by atoms with Crippen LogP contribution in [0.3, 0.4) is 0 Å². The van der Waals surface area contributed by atoms with Crippen molar-refractivity contribution in [3.8, 4) is 28.4 Å². The van der Waals surface area contributed by atoms with Crippen LogP contribution in [0.15, 0.2) is 59.4 Å². The number of benzene rings is 2. The zero-order chi connectivity index (χ0) is 34.8. The Labute approximate surface area is 285 Å². The van der Waals surface area contributed by atoms with Gasteiger partial charge in [0.2, 0.25) is 23.0 Å². The average Bonchev–Trinajstić information content (AvgIpc) is 3.33. The third kappa shape index (κ3) is 8.41. The third-order valence-electron chi connectivity index (χ3n) is 8.26. The number of rotatable bonds is 14. The van der Waals surface area contributed by atoms with Gasteiger partial charge in [-0.05, 0) is 71.7 Å². The summed E-state index contributed by atoms with van der Waals surface area (Å²) in [4.78, 5) is 52.7. The van der Waals surface area contributed by atoms with Gasteiger partial charge < -0.3 is 34.9 Å². The molecule has 3 aromatic rings. The van der Waals surface area contributed by atoms with E-state index in [0.717, 1.165) is 16.7 Å². The van der Waals surface area contributed by atoms with E-state index >= 15 is 0 Å². The highest BCUT2D eigenvalue weighted by atomic mass is 32.2. The first kappa shape index (κ1) is 36.1. The number of amides is 2. The summed E-state index contributed by atoms with van der Waals surface area (Å²) in [6.07, 6.45) is 3.63. The van der Waals surface area contributed by atoms with E-state index < -0.39 is 30.0 Å². The van der Waals surface area contributed by atoms with Crippen LogP contribution in [0.4, 0.5) is 5.69 Å². The van der Waals surface area contributed by atoms with E-state index in [2.05, 4.69) is 16.0 Å². The zero-order valence-electron chi connectivity index (χ0n) is 28.1. The van der Waals surface area contributed by atoms with E-state index in [1.54, 1.807) is 31.0 Å². The Balaban J connectivity index is 1.78. The molecule has 4 rings (SSSR count). The molecule has 3 aromatic carbocycles. The summed E-state index contributed by atoms with van der Waals surface area (Å²) in [5.41, 5.74) is 3.57. The maximum absolute atomic E-state index is 13.9. The number of anilines is 1. The normalized spacial score (nSPS) is 14.6. The fraction of sp³-hybridized carbons (Fsp3) is 0.389. The Hall–Kier alpha value is -4.71. The summed E-state index contributed by atoms with van der Waals surface area (Å²) in [5, 5.41) is 9.00. The quantitative estimate of drug-likeness (QED) is 0.212. The molecule has 0 spiro atoms. The third-order valence-corrected chi connectivity index (χ3v) is 8.90. The standard InChI is InChI=1S/C36H43N3O8S/c1-21(40)37-26-14-12-23-19-31(44-2)33(45-3)34(46-4)32(23)24-13-15-27(30(41)20-25(24)26)38-28(16-17-48-6)35(42)39-29(36(43)47-5)18-22-10-8-7-9-11-22/h7-11,13,15,19-20,26,28-29H,12,14,16-18H2,1-6H3,(H,37,40)(H,38,41)(H,39,42). The molecular formula is C36H43N3O8S. The minimum Gasteiger partial charge on any atom is -0.493 e. The Morgan fingerprint density at radius 2 is 1.67 bits per heavy atom. The summed E-state index contributed by atoms with van der Waals surface area (Å²) < 4.78 is 22.1. The molecule has 0 saturated heterocycles. The Kier molecular flexibility index (Phi) is 12.7. The van der Waals surface area contributed by atoms with Crippen molar-refractivity contribution in [2.24, 2.45) is 0 Å². The maximum Gasteiger partial charge on any atom is 0.328 e. The lowest BCUT2D eigenvalue weighted by Crippen LogP contribution is -2.49. The molecule has 3 atom stereocenters. The largest absolute Gasteiger partial charge is 0.493 e. The number of aryl methyl sites for hydroxylation is 1. The Morgan fingerprint density at radius 1 is 0.938 bits per heavy atom. The molecule has 48 heavy (non-hydrogen) atoms. The maximum atomic E-state index is 13.9. The number of carbonyl (C=O) groups excluding carboxylic acids is 3. The summed E-state index contributed by atoms with van der Waals surface area (Å²) in [6, 6.07) is 13.9. The van der Waals surface area contributed by atoms with Crippen molar-refractivity contribution in [3.05, 3.63) is 81.5 Å². The molecule has 12 heteroatoms. The molecule has 2 amide bonds. The molecule has 0 aromatic heterocycles. The molecular weight excluding hydrogens is 634 g/mol. The number of thioether (sulfide) groups is 1. The molecule has 0 aliphatic heterocycles. The van der Waals surface area contributed by atoms with Gasteiger partial charge in [-0.1, -0.05) is 36.4 Å². The van der Waals surface area contributed by atoms with Gasteiger partial charge in [0.1, 0.15) is 12.1 Å². The first-order valence-corrected chi connectivity index (χ1v) is 17.0. The Bertz CT molecular complexity index is 1680. The molecule has 3 unspecified atom stereocenters. The molecule has 1 aliphatic carbocycles. The summed E-state index contributed by atoms with van der Waals surface area (Å²) in [7, 11) is 5.89. The molecule has 0 radical (unpaired) electrons. The second-order valence-corrected chi connectivity index (χ2v) is 12.3. The first-order valence-electron chi connectivity index (χ1n) is 15.6. The van der Waals surface area contributed by atoms with E-state index in [0.29, 0.717) is 53.4 Å². The highest BCUT2D eigenvalue weighted by molar-refractivity contribution is 7.98. The summed E-state index contributed by atoms with van der Waals surface area (Å²) in [6.45, 7) is 1.44. The second-order valence-electron chi connectivity index (χ2n) is 11.3. The van der Waals surface area contributed by atoms with Crippen molar-refractivity contribution in [2.45, 2.75) is 50.7 Å². The van der Waals surface area contributed by atoms with Crippen molar-refractivity contribution in [2.75, 3.05) is 45.8 Å². The van der Waals surface area contributed by atoms with Crippen molar-refractivity contribution in [1.82, 2.24) is 10.6 Å². The van der Waals surface area contributed by atoms with Gasteiger partial charge in [-0.2, -0.15) is 11.8 Å². The van der Waals surface area contributed by atoms with Crippen molar-refractivity contribution < 1.29 is 33.3 Å². The van der Waals surface area contributed by atoms with E-state index in [9.17, 15) is 19.2 Å². The number of ether oxygens (including phenoxy) is 4. The lowest BCUT2D eigenvalue weighted by molar-refractivity contribution is -0.145. The van der Waals surface area contributed by atoms with Crippen LogP contribution in [-0.4, -0.2) is 70.3 Å². The molecule has 3 N–H and O–H groups in total. The fourth-order valence-corrected chi connectivity index (χ4v) is 6.45. The van der Waals surface area contributed by atoms with Gasteiger partial charge >= 0.3 is 5.97 Å². The molecule has 11 nitrogen and oxygen atoms in total. The van der Waals surface area contributed by atoms with Crippen LogP contribution in [0.5, 0.6) is 17.2 Å². The number of fused-ring (bicyclic) bond motifs is 3. The smallest absolute Gasteiger partial charge is 0.328 e. The number of hydrogen-bond acceptors (Lipinski definition) is 10. The van der Waals surface area contributed by atoms with E-state index in [1.165, 1.54) is 34.3 Å². The molecule has 1 aliphatic rings. The summed E-state index contributed by atoms with van der Waals surface area (Å²) in [5.74, 6) is 0.712. The molecule has 0 heterocycles. The monoisotopic (exact) mass is 677 g/mol. The van der Waals surface area contributed by atoms with Gasteiger partial charge in [-0.15, -0.1) is 0 Å². The minimum absolute atomic E-state index is 0.185. The van der Waals surface area contributed by atoms with Crippen LogP contribution in [0.25, 0.3) is 11.1 Å². The van der Waals surface area contributed by atoms with Gasteiger partial charge in [0.15, 0.2) is 11.5 Å². The topological polar surface area (TPSA) is 141 Å². The lowest BCUT2D eigenvalue weighted by atomic mass is 9.95. The van der Waals surface area contributed by atoms with Crippen LogP contribution in [0, 0.1) is 0 Å². The van der Waals surface area contributed by atoms with E-state index in [4.69, 9.17) is 18.9 Å². The molecule has 0 fully saturated rings. The SMILES string of the molecule is COC(=O)C(Cc1ccccc1)NC(=O)C(CCSC)Nc1ccc2c(cc1=O)C(NC(C)=O)CCc1cc(OC)c(OC)c(OC)c1-2. The number of methoxy groups -OCH3 is 4. The highest BCUT2D eigenvalue weighted by Crippen LogP contribution is 2.50. The van der Waals surface area contributed by atoms with Gasteiger partial charge in [0.25, 0.3) is 0 Å².